The summed E-state index contributed by atoms with van der Waals surface area (Å²) in [6, 6.07) is 0. The van der Waals surface area contributed by atoms with Crippen LogP contribution in [0.2, 0.25) is 0 Å². The Morgan fingerprint density at radius 2 is 0.680 bits per heavy atom. The van der Waals surface area contributed by atoms with Crippen molar-refractivity contribution in [2.45, 2.75) is 47.5 Å². The normalized spacial score (nSPS) is 17.8. The Hall–Kier alpha value is -0.903. The van der Waals surface area contributed by atoms with Crippen LogP contribution in [0.25, 0.3) is 0 Å². The van der Waals surface area contributed by atoms with E-state index in [1.54, 1.807) is 0 Å². The highest BCUT2D eigenvalue weighted by Gasteiger charge is 2.93. The monoisotopic (exact) mass is 432 g/mol. The Kier molecular flexibility index (Phi) is 5.59. The van der Waals surface area contributed by atoms with Gasteiger partial charge in [-0.2, -0.15) is 65.9 Å². The molecule has 25 heavy (non-hydrogen) atoms. The van der Waals surface area contributed by atoms with Gasteiger partial charge < -0.3 is 0 Å². The molecule has 0 aromatic carbocycles. The molecule has 0 nitrogen and oxygen atoms in total. The molecule has 0 aliphatic rings. The van der Waals surface area contributed by atoms with E-state index >= 15 is 0 Å². The summed E-state index contributed by atoms with van der Waals surface area (Å²) in [5, 5.41) is 0. The van der Waals surface area contributed by atoms with Gasteiger partial charge in [-0.05, 0) is 0 Å². The maximum absolute atomic E-state index is 12.9. The highest BCUT2D eigenvalue weighted by Crippen LogP contribution is 2.62. The van der Waals surface area contributed by atoms with Gasteiger partial charge in [-0.3, -0.25) is 0 Å². The van der Waals surface area contributed by atoms with E-state index < -0.39 is 57.7 Å². The van der Waals surface area contributed by atoms with Crippen molar-refractivity contribution in [3.63, 3.8) is 0 Å². The molecule has 0 N–H and O–H groups in total. The lowest BCUT2D eigenvalue weighted by molar-refractivity contribution is -0.453. The third-order valence-corrected chi connectivity index (χ3v) is 3.58. The molecular formula is C8H4F16Si. The van der Waals surface area contributed by atoms with Gasteiger partial charge in [0.1, 0.15) is 5.79 Å². The van der Waals surface area contributed by atoms with Crippen molar-refractivity contribution in [2.24, 2.45) is 0 Å². The molecule has 152 valence electrons. The van der Waals surface area contributed by atoms with Gasteiger partial charge in [-0.1, -0.05) is 0 Å². The lowest BCUT2D eigenvalue weighted by atomic mass is 9.91. The van der Waals surface area contributed by atoms with Crippen LogP contribution in [0, 0.1) is 0 Å². The zero-order valence-corrected chi connectivity index (χ0v) is 13.1. The van der Waals surface area contributed by atoms with Crippen molar-refractivity contribution in [3.8, 4) is 0 Å². The molecule has 0 saturated heterocycles. The van der Waals surface area contributed by atoms with Crippen LogP contribution in [0.5, 0.6) is 0 Å². The first-order valence-corrected chi connectivity index (χ1v) is 6.57. The fourth-order valence-electron chi connectivity index (χ4n) is 1.23. The molecule has 17 heteroatoms. The second-order valence-electron chi connectivity index (χ2n) is 4.61. The van der Waals surface area contributed by atoms with Crippen LogP contribution in [-0.4, -0.2) is 57.7 Å². The van der Waals surface area contributed by atoms with E-state index in [9.17, 15) is 70.2 Å². The molecule has 0 aliphatic carbocycles. The van der Waals surface area contributed by atoms with Crippen molar-refractivity contribution in [3.05, 3.63) is 0 Å². The molecule has 0 amide bonds. The fraction of sp³-hybridized carbons (Fsp3) is 1.00. The summed E-state index contributed by atoms with van der Waals surface area (Å²) < 4.78 is 201. The van der Waals surface area contributed by atoms with Crippen LogP contribution in [0.1, 0.15) is 0 Å². The average Bonchev–Trinajstić information content (AvgIpc) is 2.35. The van der Waals surface area contributed by atoms with Crippen LogP contribution < -0.4 is 0 Å². The number of alkyl halides is 16. The summed E-state index contributed by atoms with van der Waals surface area (Å²) in [6.45, 7) is 0. The molecule has 0 spiro atoms. The highest BCUT2D eigenvalue weighted by molar-refractivity contribution is 6.11. The number of hydrogen-bond donors (Lipinski definition) is 0. The topological polar surface area (TPSA) is 0 Å². The molecule has 1 unspecified atom stereocenters. The Balaban J connectivity index is 6.50. The zero-order valence-electron chi connectivity index (χ0n) is 11.1. The van der Waals surface area contributed by atoms with E-state index in [1.807, 2.05) is 0 Å². The van der Waals surface area contributed by atoms with Gasteiger partial charge >= 0.3 is 41.7 Å². The third kappa shape index (κ3) is 2.94. The molecular weight excluding hydrogens is 428 g/mol. The smallest absolute Gasteiger partial charge is 0.246 e. The minimum absolute atomic E-state index is 1.74. The predicted octanol–water partition coefficient (Wildman–Crippen LogP) is 4.02. The standard InChI is InChI=1S/C8H4F16Si/c9-1(25)2(10,11)3(12,13)4(14,15)5(16,17)6(18,19)7(20,21)8(22,23)24/h1H,25H3. The van der Waals surface area contributed by atoms with Crippen LogP contribution in [-0.2, 0) is 0 Å². The Morgan fingerprint density at radius 1 is 0.440 bits per heavy atom. The summed E-state index contributed by atoms with van der Waals surface area (Å²) in [4.78, 5) is 0. The largest absolute Gasteiger partial charge is 0.460 e. The molecule has 0 radical (unpaired) electrons. The van der Waals surface area contributed by atoms with Gasteiger partial charge in [-0.25, -0.2) is 4.39 Å². The third-order valence-electron chi connectivity index (χ3n) is 2.85. The fourth-order valence-corrected chi connectivity index (χ4v) is 1.59. The number of rotatable bonds is 6. The summed E-state index contributed by atoms with van der Waals surface area (Å²) in [7, 11) is -1.74. The minimum atomic E-state index is -8.36. The lowest BCUT2D eigenvalue weighted by Gasteiger charge is -2.41. The second-order valence-corrected chi connectivity index (χ2v) is 5.62. The van der Waals surface area contributed by atoms with E-state index in [-0.39, 0.29) is 0 Å². The van der Waals surface area contributed by atoms with Crippen molar-refractivity contribution in [1.82, 2.24) is 0 Å². The van der Waals surface area contributed by atoms with E-state index in [1.165, 1.54) is 0 Å². The predicted molar refractivity (Wildman–Crippen MR) is 50.6 cm³/mol. The maximum atomic E-state index is 12.9. The molecule has 1 atom stereocenters. The Morgan fingerprint density at radius 3 is 0.920 bits per heavy atom. The zero-order chi connectivity index (χ0) is 21.1. The summed E-state index contributed by atoms with van der Waals surface area (Å²) in [5.74, 6) is -51.6. The lowest BCUT2D eigenvalue weighted by Crippen LogP contribution is -2.73. The first kappa shape index (κ1) is 24.1. The number of halogens is 16. The van der Waals surface area contributed by atoms with Crippen molar-refractivity contribution < 1.29 is 70.2 Å². The Bertz CT molecular complexity index is 487. The summed E-state index contributed by atoms with van der Waals surface area (Å²) in [5.41, 5.74) is 0. The quantitative estimate of drug-likeness (QED) is 0.440. The minimum Gasteiger partial charge on any atom is -0.246 e. The van der Waals surface area contributed by atoms with Gasteiger partial charge in [0, 0.05) is 0 Å². The van der Waals surface area contributed by atoms with Gasteiger partial charge in [0.05, 0.1) is 10.2 Å². The molecule has 0 aliphatic heterocycles. The first-order chi connectivity index (χ1) is 10.4. The molecule has 0 aromatic rings. The van der Waals surface area contributed by atoms with Crippen LogP contribution in [0.4, 0.5) is 70.2 Å². The molecule has 0 aromatic heterocycles. The van der Waals surface area contributed by atoms with E-state index in [2.05, 4.69) is 0 Å². The number of hydrogen-bond acceptors (Lipinski definition) is 0. The van der Waals surface area contributed by atoms with Crippen LogP contribution >= 0.6 is 0 Å². The SMILES string of the molecule is FC([SiH3])C(F)(F)C(F)(F)C(F)(F)C(F)(F)C(F)(F)C(F)(F)C(F)(F)F. The van der Waals surface area contributed by atoms with E-state index in [4.69, 9.17) is 0 Å². The molecule has 0 fully saturated rings. The van der Waals surface area contributed by atoms with Gasteiger partial charge in [0.2, 0.25) is 0 Å². The van der Waals surface area contributed by atoms with Crippen LogP contribution in [0.3, 0.4) is 0 Å². The van der Waals surface area contributed by atoms with E-state index in [0.717, 1.165) is 0 Å². The van der Waals surface area contributed by atoms with E-state index in [0.29, 0.717) is 0 Å². The van der Waals surface area contributed by atoms with Crippen molar-refractivity contribution in [2.75, 3.05) is 0 Å². The van der Waals surface area contributed by atoms with Crippen LogP contribution in [0.15, 0.2) is 0 Å². The van der Waals surface area contributed by atoms with Crippen molar-refractivity contribution in [1.29, 1.82) is 0 Å². The first-order valence-electron chi connectivity index (χ1n) is 5.42. The molecule has 0 bridgehead atoms. The Labute approximate surface area is 129 Å². The molecule has 0 rings (SSSR count). The second kappa shape index (κ2) is 5.80. The van der Waals surface area contributed by atoms with Crippen molar-refractivity contribution >= 4 is 10.2 Å². The van der Waals surface area contributed by atoms with Gasteiger partial charge in [0.15, 0.2) is 0 Å². The van der Waals surface area contributed by atoms with Gasteiger partial charge in [0.25, 0.3) is 0 Å². The van der Waals surface area contributed by atoms with Gasteiger partial charge in [-0.15, -0.1) is 0 Å². The summed E-state index contributed by atoms with van der Waals surface area (Å²) in [6.07, 6.45) is -7.64. The highest BCUT2D eigenvalue weighted by atomic mass is 28.1. The maximum Gasteiger partial charge on any atom is 0.460 e. The summed E-state index contributed by atoms with van der Waals surface area (Å²) >= 11 is 0. The average molecular weight is 432 g/mol. The molecule has 0 heterocycles. The molecule has 0 saturated carbocycles.